The minimum absolute atomic E-state index is 0.191. The van der Waals surface area contributed by atoms with Crippen molar-refractivity contribution >= 4 is 28.8 Å². The first kappa shape index (κ1) is 16.8. The lowest BCUT2D eigenvalue weighted by molar-refractivity contribution is -0.140. The van der Waals surface area contributed by atoms with E-state index in [0.29, 0.717) is 19.8 Å². The number of fused-ring (bicyclic) bond motifs is 1. The Kier molecular flexibility index (Phi) is 6.74. The zero-order valence-corrected chi connectivity index (χ0v) is 13.9. The predicted molar refractivity (Wildman–Crippen MR) is 88.2 cm³/mol. The van der Waals surface area contributed by atoms with Gasteiger partial charge in [0.1, 0.15) is 0 Å². The number of hydrogen-bond acceptors (Lipinski definition) is 5. The van der Waals surface area contributed by atoms with Crippen LogP contribution >= 0.6 is 11.8 Å². The number of ether oxygens (including phenoxy) is 2. The van der Waals surface area contributed by atoms with Crippen LogP contribution in [-0.4, -0.2) is 41.6 Å². The highest BCUT2D eigenvalue weighted by atomic mass is 32.2. The van der Waals surface area contributed by atoms with Crippen molar-refractivity contribution in [3.8, 4) is 0 Å². The van der Waals surface area contributed by atoms with Gasteiger partial charge < -0.3 is 14.0 Å². The molecule has 0 spiro atoms. The molecule has 0 bridgehead atoms. The van der Waals surface area contributed by atoms with Crippen molar-refractivity contribution < 1.29 is 14.3 Å². The summed E-state index contributed by atoms with van der Waals surface area (Å²) in [6.45, 7) is 3.88. The maximum absolute atomic E-state index is 11.7. The quantitative estimate of drug-likeness (QED) is 0.403. The maximum Gasteiger partial charge on any atom is 0.316 e. The lowest BCUT2D eigenvalue weighted by atomic mass is 10.3. The van der Waals surface area contributed by atoms with Crippen molar-refractivity contribution in [3.05, 3.63) is 24.3 Å². The molecule has 0 fully saturated rings. The Morgan fingerprint density at radius 3 is 2.91 bits per heavy atom. The Balaban J connectivity index is 2.04. The summed E-state index contributed by atoms with van der Waals surface area (Å²) in [5.41, 5.74) is 1.99. The molecule has 5 nitrogen and oxygen atoms in total. The molecule has 1 aromatic heterocycles. The fraction of sp³-hybridized carbons (Fsp3) is 0.500. The SMILES string of the molecule is CCCCOC(=O)CSc1nc2ccccc2n1CCOC. The highest BCUT2D eigenvalue weighted by Crippen LogP contribution is 2.24. The van der Waals surface area contributed by atoms with Gasteiger partial charge in [-0.1, -0.05) is 37.2 Å². The van der Waals surface area contributed by atoms with Gasteiger partial charge in [0, 0.05) is 13.7 Å². The average molecular weight is 322 g/mol. The van der Waals surface area contributed by atoms with E-state index in [1.165, 1.54) is 11.8 Å². The minimum Gasteiger partial charge on any atom is -0.465 e. The average Bonchev–Trinajstić information content (AvgIpc) is 2.89. The van der Waals surface area contributed by atoms with E-state index in [0.717, 1.165) is 29.0 Å². The number of hydrogen-bond donors (Lipinski definition) is 0. The van der Waals surface area contributed by atoms with Gasteiger partial charge >= 0.3 is 5.97 Å². The molecule has 0 unspecified atom stereocenters. The minimum atomic E-state index is -0.191. The second-order valence-corrected chi connectivity index (χ2v) is 5.83. The first-order valence-corrected chi connectivity index (χ1v) is 8.47. The van der Waals surface area contributed by atoms with Crippen LogP contribution in [0.4, 0.5) is 0 Å². The molecule has 6 heteroatoms. The zero-order valence-electron chi connectivity index (χ0n) is 13.1. The summed E-state index contributed by atoms with van der Waals surface area (Å²) in [4.78, 5) is 16.3. The predicted octanol–water partition coefficient (Wildman–Crippen LogP) is 3.12. The molecule has 0 atom stereocenters. The highest BCUT2D eigenvalue weighted by Gasteiger charge is 2.13. The normalized spacial score (nSPS) is 11.0. The van der Waals surface area contributed by atoms with Crippen molar-refractivity contribution in [2.24, 2.45) is 0 Å². The Morgan fingerprint density at radius 2 is 2.14 bits per heavy atom. The zero-order chi connectivity index (χ0) is 15.8. The van der Waals surface area contributed by atoms with Gasteiger partial charge in [0.15, 0.2) is 5.16 Å². The number of rotatable bonds is 9. The van der Waals surface area contributed by atoms with Crippen LogP contribution in [0.15, 0.2) is 29.4 Å². The number of methoxy groups -OCH3 is 1. The molecular weight excluding hydrogens is 300 g/mol. The van der Waals surface area contributed by atoms with Gasteiger partial charge in [-0.05, 0) is 18.6 Å². The van der Waals surface area contributed by atoms with Crippen molar-refractivity contribution in [1.29, 1.82) is 0 Å². The number of aromatic nitrogens is 2. The van der Waals surface area contributed by atoms with Crippen LogP contribution in [0.1, 0.15) is 19.8 Å². The van der Waals surface area contributed by atoms with Crippen LogP contribution < -0.4 is 0 Å². The van der Waals surface area contributed by atoms with Crippen LogP contribution in [0.2, 0.25) is 0 Å². The van der Waals surface area contributed by atoms with E-state index in [9.17, 15) is 4.79 Å². The largest absolute Gasteiger partial charge is 0.465 e. The topological polar surface area (TPSA) is 53.3 Å². The van der Waals surface area contributed by atoms with Gasteiger partial charge in [-0.15, -0.1) is 0 Å². The van der Waals surface area contributed by atoms with E-state index >= 15 is 0 Å². The Morgan fingerprint density at radius 1 is 1.32 bits per heavy atom. The fourth-order valence-electron chi connectivity index (χ4n) is 2.06. The second kappa shape index (κ2) is 8.80. The lowest BCUT2D eigenvalue weighted by Gasteiger charge is -2.08. The molecule has 0 radical (unpaired) electrons. The van der Waals surface area contributed by atoms with Crippen LogP contribution in [0.3, 0.4) is 0 Å². The Hall–Kier alpha value is -1.53. The molecular formula is C16H22N2O3S. The number of para-hydroxylation sites is 2. The monoisotopic (exact) mass is 322 g/mol. The molecule has 2 rings (SSSR count). The number of carbonyl (C=O) groups is 1. The Bertz CT molecular complexity index is 612. The van der Waals surface area contributed by atoms with Gasteiger partial charge in [-0.25, -0.2) is 4.98 Å². The summed E-state index contributed by atoms with van der Waals surface area (Å²) in [5, 5.41) is 0.825. The first-order chi connectivity index (χ1) is 10.8. The first-order valence-electron chi connectivity index (χ1n) is 7.49. The van der Waals surface area contributed by atoms with Crippen molar-refractivity contribution in [2.45, 2.75) is 31.5 Å². The number of nitrogens with zero attached hydrogens (tertiary/aromatic N) is 2. The summed E-state index contributed by atoms with van der Waals surface area (Å²) in [6.07, 6.45) is 1.93. The maximum atomic E-state index is 11.7. The van der Waals surface area contributed by atoms with Gasteiger partial charge in [0.25, 0.3) is 0 Å². The molecule has 22 heavy (non-hydrogen) atoms. The molecule has 2 aromatic rings. The standard InChI is InChI=1S/C16H22N2O3S/c1-3-4-10-21-15(19)12-22-16-17-13-7-5-6-8-14(13)18(16)9-11-20-2/h5-8H,3-4,9-12H2,1-2H3. The lowest BCUT2D eigenvalue weighted by Crippen LogP contribution is -2.10. The second-order valence-electron chi connectivity index (χ2n) is 4.89. The van der Waals surface area contributed by atoms with Crippen LogP contribution in [-0.2, 0) is 20.8 Å². The number of unbranched alkanes of at least 4 members (excludes halogenated alkanes) is 1. The molecule has 0 saturated heterocycles. The Labute approximate surface area is 135 Å². The number of imidazole rings is 1. The highest BCUT2D eigenvalue weighted by molar-refractivity contribution is 7.99. The summed E-state index contributed by atoms with van der Waals surface area (Å²) in [5.74, 6) is 0.0869. The molecule has 0 saturated carbocycles. The smallest absolute Gasteiger partial charge is 0.316 e. The van der Waals surface area contributed by atoms with E-state index in [-0.39, 0.29) is 11.7 Å². The van der Waals surface area contributed by atoms with Crippen LogP contribution in [0, 0.1) is 0 Å². The van der Waals surface area contributed by atoms with Crippen LogP contribution in [0.5, 0.6) is 0 Å². The molecule has 0 aliphatic rings. The fourth-order valence-corrected chi connectivity index (χ4v) is 2.90. The number of thioether (sulfide) groups is 1. The third-order valence-electron chi connectivity index (χ3n) is 3.22. The summed E-state index contributed by atoms with van der Waals surface area (Å²) in [6, 6.07) is 7.95. The van der Waals surface area contributed by atoms with E-state index in [1.807, 2.05) is 24.3 Å². The molecule has 120 valence electrons. The van der Waals surface area contributed by atoms with Gasteiger partial charge in [0.05, 0.1) is 30.0 Å². The van der Waals surface area contributed by atoms with Crippen molar-refractivity contribution in [1.82, 2.24) is 9.55 Å². The van der Waals surface area contributed by atoms with E-state index < -0.39 is 0 Å². The van der Waals surface area contributed by atoms with Crippen molar-refractivity contribution in [2.75, 3.05) is 26.1 Å². The summed E-state index contributed by atoms with van der Waals surface area (Å²) >= 11 is 1.41. The summed E-state index contributed by atoms with van der Waals surface area (Å²) in [7, 11) is 1.68. The van der Waals surface area contributed by atoms with E-state index in [2.05, 4.69) is 16.5 Å². The van der Waals surface area contributed by atoms with Crippen molar-refractivity contribution in [3.63, 3.8) is 0 Å². The van der Waals surface area contributed by atoms with E-state index in [4.69, 9.17) is 9.47 Å². The van der Waals surface area contributed by atoms with E-state index in [1.54, 1.807) is 7.11 Å². The third kappa shape index (κ3) is 4.48. The van der Waals surface area contributed by atoms with Gasteiger partial charge in [-0.3, -0.25) is 4.79 Å². The molecule has 1 aromatic carbocycles. The third-order valence-corrected chi connectivity index (χ3v) is 4.17. The molecule has 0 aliphatic heterocycles. The molecule has 0 amide bonds. The molecule has 0 aliphatic carbocycles. The van der Waals surface area contributed by atoms with Crippen LogP contribution in [0.25, 0.3) is 11.0 Å². The summed E-state index contributed by atoms with van der Waals surface area (Å²) < 4.78 is 12.4. The van der Waals surface area contributed by atoms with Gasteiger partial charge in [-0.2, -0.15) is 0 Å². The number of benzene rings is 1. The molecule has 1 heterocycles. The molecule has 0 N–H and O–H groups in total. The van der Waals surface area contributed by atoms with Gasteiger partial charge in [0.2, 0.25) is 0 Å². The number of carbonyl (C=O) groups excluding carboxylic acids is 1. The number of esters is 1.